The maximum Gasteiger partial charge on any atom is 0.490 e. The number of benzene rings is 1. The van der Waals surface area contributed by atoms with Gasteiger partial charge in [-0.25, -0.2) is 9.59 Å². The van der Waals surface area contributed by atoms with Gasteiger partial charge in [0.05, 0.1) is 0 Å². The molecule has 1 aliphatic heterocycles. The van der Waals surface area contributed by atoms with E-state index in [4.69, 9.17) is 19.8 Å². The summed E-state index contributed by atoms with van der Waals surface area (Å²) in [5.41, 5.74) is 1.40. The summed E-state index contributed by atoms with van der Waals surface area (Å²) in [6, 6.07) is 11.4. The molecule has 1 atom stereocenters. The maximum atomic E-state index is 10.6. The lowest BCUT2D eigenvalue weighted by molar-refractivity contribution is -0.193. The lowest BCUT2D eigenvalue weighted by Gasteiger charge is -2.38. The number of rotatable bonds is 5. The lowest BCUT2D eigenvalue weighted by Crippen LogP contribution is -2.50. The Bertz CT molecular complexity index is 692. The molecule has 0 saturated carbocycles. The zero-order valence-corrected chi connectivity index (χ0v) is 18.5. The summed E-state index contributed by atoms with van der Waals surface area (Å²) in [6.45, 7) is 5.82. The van der Waals surface area contributed by atoms with Crippen LogP contribution < -0.4 is 0 Å². The van der Waals surface area contributed by atoms with E-state index in [1.165, 1.54) is 31.6 Å². The van der Waals surface area contributed by atoms with Gasteiger partial charge in [0.15, 0.2) is 0 Å². The Labute approximate surface area is 188 Å². The molecule has 0 radical (unpaired) electrons. The fourth-order valence-corrected chi connectivity index (χ4v) is 2.76. The Hall–Kier alpha value is -2.38. The normalized spacial score (nSPS) is 17.5. The van der Waals surface area contributed by atoms with Crippen LogP contribution >= 0.6 is 0 Å². The van der Waals surface area contributed by atoms with Gasteiger partial charge >= 0.3 is 24.3 Å². The number of hydrogen-bond acceptors (Lipinski definition) is 5. The molecular formula is C20H29F6N3O4. The van der Waals surface area contributed by atoms with Crippen molar-refractivity contribution in [3.63, 3.8) is 0 Å². The van der Waals surface area contributed by atoms with Crippen LogP contribution in [-0.4, -0.2) is 103 Å². The van der Waals surface area contributed by atoms with Crippen LogP contribution in [0.5, 0.6) is 0 Å². The molecule has 190 valence electrons. The number of aliphatic carboxylic acids is 2. The highest BCUT2D eigenvalue weighted by molar-refractivity contribution is 5.73. The minimum Gasteiger partial charge on any atom is -0.475 e. The van der Waals surface area contributed by atoms with Crippen molar-refractivity contribution in [1.29, 1.82) is 0 Å². The topological polar surface area (TPSA) is 84.3 Å². The number of hydrogen-bond donors (Lipinski definition) is 2. The van der Waals surface area contributed by atoms with Crippen LogP contribution in [0.25, 0.3) is 0 Å². The Morgan fingerprint density at radius 3 is 1.85 bits per heavy atom. The van der Waals surface area contributed by atoms with Crippen molar-refractivity contribution in [3.8, 4) is 0 Å². The average Bonchev–Trinajstić information content (AvgIpc) is 2.69. The second kappa shape index (κ2) is 14.0. The third-order valence-corrected chi connectivity index (χ3v) is 4.60. The van der Waals surface area contributed by atoms with Gasteiger partial charge in [0.2, 0.25) is 0 Å². The van der Waals surface area contributed by atoms with Crippen LogP contribution in [0.3, 0.4) is 0 Å². The molecule has 13 heteroatoms. The van der Waals surface area contributed by atoms with E-state index < -0.39 is 24.3 Å². The second-order valence-corrected chi connectivity index (χ2v) is 7.51. The summed E-state index contributed by atoms with van der Waals surface area (Å²) in [7, 11) is 6.71. The predicted molar refractivity (Wildman–Crippen MR) is 109 cm³/mol. The van der Waals surface area contributed by atoms with Crippen LogP contribution in [0.2, 0.25) is 0 Å². The molecule has 1 aromatic rings. The van der Waals surface area contributed by atoms with Gasteiger partial charge in [-0.15, -0.1) is 0 Å². The molecule has 2 N–H and O–H groups in total. The van der Waals surface area contributed by atoms with Gasteiger partial charge in [-0.05, 0) is 39.7 Å². The fourth-order valence-electron chi connectivity index (χ4n) is 2.76. The van der Waals surface area contributed by atoms with E-state index in [0.717, 1.165) is 13.1 Å². The molecule has 2 rings (SSSR count). The number of nitrogens with zero attached hydrogens (tertiary/aromatic N) is 3. The van der Waals surface area contributed by atoms with E-state index in [9.17, 15) is 26.3 Å². The van der Waals surface area contributed by atoms with Gasteiger partial charge in [0.1, 0.15) is 0 Å². The molecule has 0 aromatic heterocycles. The number of carboxylic acid groups (broad SMARTS) is 2. The predicted octanol–water partition coefficient (Wildman–Crippen LogP) is 3.02. The Morgan fingerprint density at radius 2 is 1.42 bits per heavy atom. The van der Waals surface area contributed by atoms with Crippen LogP contribution in [0.4, 0.5) is 26.3 Å². The third kappa shape index (κ3) is 14.4. The Balaban J connectivity index is 0.000000605. The molecule has 33 heavy (non-hydrogen) atoms. The van der Waals surface area contributed by atoms with Crippen molar-refractivity contribution in [3.05, 3.63) is 35.9 Å². The smallest absolute Gasteiger partial charge is 0.475 e. The first-order chi connectivity index (χ1) is 15.0. The number of carboxylic acids is 2. The summed E-state index contributed by atoms with van der Waals surface area (Å²) in [4.78, 5) is 25.2. The Kier molecular flexibility index (Phi) is 13.0. The third-order valence-electron chi connectivity index (χ3n) is 4.60. The lowest BCUT2D eigenvalue weighted by atomic mass is 10.1. The molecule has 1 saturated heterocycles. The van der Waals surface area contributed by atoms with Crippen molar-refractivity contribution in [1.82, 2.24) is 14.7 Å². The van der Waals surface area contributed by atoms with Crippen LogP contribution in [0.1, 0.15) is 12.0 Å². The van der Waals surface area contributed by atoms with E-state index >= 15 is 0 Å². The van der Waals surface area contributed by atoms with E-state index in [1.807, 2.05) is 0 Å². The van der Waals surface area contributed by atoms with E-state index in [-0.39, 0.29) is 0 Å². The highest BCUT2D eigenvalue weighted by Gasteiger charge is 2.38. The van der Waals surface area contributed by atoms with Gasteiger partial charge in [-0.3, -0.25) is 0 Å². The summed E-state index contributed by atoms with van der Waals surface area (Å²) in [6.07, 6.45) is -8.91. The fraction of sp³-hybridized carbons (Fsp3) is 0.600. The summed E-state index contributed by atoms with van der Waals surface area (Å²) >= 11 is 0. The van der Waals surface area contributed by atoms with E-state index in [0.29, 0.717) is 6.04 Å². The second-order valence-electron chi connectivity index (χ2n) is 7.51. The van der Waals surface area contributed by atoms with Gasteiger partial charge in [-0.1, -0.05) is 30.3 Å². The molecule has 1 unspecified atom stereocenters. The van der Waals surface area contributed by atoms with E-state index in [1.54, 1.807) is 0 Å². The van der Waals surface area contributed by atoms with Crippen LogP contribution in [0.15, 0.2) is 30.3 Å². The molecule has 0 bridgehead atoms. The standard InChI is InChI=1S/C16H27N3.2C2HF3O2/c1-17(13-15-7-5-4-6-8-15)10-9-16-14-18(2)11-12-19(16)3;2*3-2(4,5)1(6)7/h4-8,16H,9-14H2,1-3H3;2*(H,6,7). The first-order valence-corrected chi connectivity index (χ1v) is 9.75. The zero-order valence-electron chi connectivity index (χ0n) is 18.5. The van der Waals surface area contributed by atoms with Crippen molar-refractivity contribution >= 4 is 11.9 Å². The molecular weight excluding hydrogens is 460 g/mol. The van der Waals surface area contributed by atoms with Crippen LogP contribution in [-0.2, 0) is 16.1 Å². The maximum absolute atomic E-state index is 10.6. The summed E-state index contributed by atoms with van der Waals surface area (Å²) in [5, 5.41) is 14.2. The summed E-state index contributed by atoms with van der Waals surface area (Å²) in [5.74, 6) is -5.51. The van der Waals surface area contributed by atoms with Gasteiger partial charge in [-0.2, -0.15) is 26.3 Å². The summed E-state index contributed by atoms with van der Waals surface area (Å²) < 4.78 is 63.5. The number of likely N-dealkylation sites (N-methyl/N-ethyl adjacent to an activating group) is 2. The minimum atomic E-state index is -5.08. The van der Waals surface area contributed by atoms with Gasteiger partial charge in [0, 0.05) is 32.2 Å². The van der Waals surface area contributed by atoms with Crippen molar-refractivity contribution in [2.24, 2.45) is 0 Å². The average molecular weight is 489 g/mol. The molecule has 1 fully saturated rings. The van der Waals surface area contributed by atoms with Crippen molar-refractivity contribution in [2.45, 2.75) is 31.4 Å². The molecule has 1 heterocycles. The zero-order chi connectivity index (χ0) is 25.8. The first-order valence-electron chi connectivity index (χ1n) is 9.75. The van der Waals surface area contributed by atoms with Crippen molar-refractivity contribution < 1.29 is 46.1 Å². The number of piperazine rings is 1. The quantitative estimate of drug-likeness (QED) is 0.616. The number of carbonyl (C=O) groups is 2. The molecule has 1 aromatic carbocycles. The van der Waals surface area contributed by atoms with Gasteiger partial charge in [0.25, 0.3) is 0 Å². The first kappa shape index (κ1) is 30.6. The SMILES string of the molecule is CN(CCC1CN(C)CCN1C)Cc1ccccc1.O=C(O)C(F)(F)F.O=C(O)C(F)(F)F. The number of alkyl halides is 6. The monoisotopic (exact) mass is 489 g/mol. The molecule has 0 amide bonds. The largest absolute Gasteiger partial charge is 0.490 e. The van der Waals surface area contributed by atoms with Crippen molar-refractivity contribution in [2.75, 3.05) is 47.3 Å². The highest BCUT2D eigenvalue weighted by atomic mass is 19.4. The highest BCUT2D eigenvalue weighted by Crippen LogP contribution is 2.14. The molecule has 1 aliphatic rings. The van der Waals surface area contributed by atoms with E-state index in [2.05, 4.69) is 66.2 Å². The van der Waals surface area contributed by atoms with Gasteiger partial charge < -0.3 is 24.9 Å². The molecule has 7 nitrogen and oxygen atoms in total. The van der Waals surface area contributed by atoms with Crippen LogP contribution in [0, 0.1) is 0 Å². The molecule has 0 aliphatic carbocycles. The number of halogens is 6. The molecule has 0 spiro atoms. The minimum absolute atomic E-state index is 0.706. The Morgan fingerprint density at radius 1 is 0.970 bits per heavy atom.